The van der Waals surface area contributed by atoms with Crippen LogP contribution in [0.1, 0.15) is 61.5 Å². The fraction of sp³-hybridized carbons (Fsp3) is 0.567. The minimum Gasteiger partial charge on any atom is -0.510 e. The smallest absolute Gasteiger partial charge is 0.255 e. The van der Waals surface area contributed by atoms with Gasteiger partial charge >= 0.3 is 0 Å². The molecular weight excluding hydrogens is 533 g/mol. The van der Waals surface area contributed by atoms with Gasteiger partial charge in [0.15, 0.2) is 11.4 Å². The Morgan fingerprint density at radius 2 is 1.83 bits per heavy atom. The Kier molecular flexibility index (Phi) is 7.07. The van der Waals surface area contributed by atoms with Gasteiger partial charge in [0.1, 0.15) is 28.7 Å². The normalized spacial score (nSPS) is 28.7. The third-order valence-electron chi connectivity index (χ3n) is 8.89. The minimum absolute atomic E-state index is 0.0126. The fourth-order valence-electron chi connectivity index (χ4n) is 7.47. The van der Waals surface area contributed by atoms with Gasteiger partial charge in [-0.05, 0) is 63.2 Å². The number of primary amides is 1. The molecule has 1 fully saturated rings. The van der Waals surface area contributed by atoms with Crippen LogP contribution in [-0.2, 0) is 22.6 Å². The van der Waals surface area contributed by atoms with E-state index in [1.165, 1.54) is 6.07 Å². The molecule has 1 aliphatic heterocycles. The molecule has 0 bridgehead atoms. The molecule has 0 aromatic heterocycles. The van der Waals surface area contributed by atoms with E-state index in [9.17, 15) is 34.8 Å². The van der Waals surface area contributed by atoms with E-state index in [-0.39, 0.29) is 47.1 Å². The summed E-state index contributed by atoms with van der Waals surface area (Å²) in [7, 11) is 1.84. The number of ketones is 2. The molecule has 0 radical (unpaired) electrons. The van der Waals surface area contributed by atoms with Crippen molar-refractivity contribution in [3.8, 4) is 5.75 Å². The number of halogens is 1. The first-order valence-corrected chi connectivity index (χ1v) is 14.0. The predicted octanol–water partition coefficient (Wildman–Crippen LogP) is 2.27. The molecule has 0 spiro atoms. The molecule has 1 amide bonds. The zero-order valence-electron chi connectivity index (χ0n) is 23.8. The molecule has 41 heavy (non-hydrogen) atoms. The molecule has 1 aromatic rings. The fourth-order valence-corrected chi connectivity index (χ4v) is 7.47. The number of aliphatic hydroxyl groups is 3. The number of aromatic hydroxyl groups is 1. The molecule has 222 valence electrons. The Morgan fingerprint density at radius 3 is 2.41 bits per heavy atom. The lowest BCUT2D eigenvalue weighted by Gasteiger charge is -2.50. The van der Waals surface area contributed by atoms with Crippen molar-refractivity contribution in [2.24, 2.45) is 23.0 Å². The predicted molar refractivity (Wildman–Crippen MR) is 147 cm³/mol. The molecule has 1 aromatic carbocycles. The van der Waals surface area contributed by atoms with E-state index in [1.54, 1.807) is 0 Å². The maximum atomic E-state index is 16.0. The zero-order chi connectivity index (χ0) is 30.2. The number of hydrogen-bond donors (Lipinski definition) is 5. The van der Waals surface area contributed by atoms with Crippen LogP contribution in [0.3, 0.4) is 0 Å². The van der Waals surface area contributed by atoms with Crippen LogP contribution in [-0.4, -0.2) is 86.0 Å². The molecule has 11 heteroatoms. The molecule has 0 saturated carbocycles. The SMILES string of the molecule is CN(Cc1cc(O)c2c(c1F)C[C@H]1C[C@H]3[C@H](N4CCCC4)C(O)=C(C(N)=O)C(=O)[C@@]3(O)C(O)=C1C2=O)CC(C)(C)C. The highest BCUT2D eigenvalue weighted by molar-refractivity contribution is 6.24. The van der Waals surface area contributed by atoms with Crippen LogP contribution in [0.4, 0.5) is 4.39 Å². The maximum Gasteiger partial charge on any atom is 0.255 e. The lowest BCUT2D eigenvalue weighted by atomic mass is 9.58. The maximum absolute atomic E-state index is 16.0. The molecule has 10 nitrogen and oxygen atoms in total. The van der Waals surface area contributed by atoms with E-state index in [4.69, 9.17) is 5.73 Å². The highest BCUT2D eigenvalue weighted by Crippen LogP contribution is 2.53. The highest BCUT2D eigenvalue weighted by atomic mass is 19.1. The number of aliphatic hydroxyl groups excluding tert-OH is 2. The third-order valence-corrected chi connectivity index (χ3v) is 8.89. The Balaban J connectivity index is 1.61. The molecule has 1 heterocycles. The van der Waals surface area contributed by atoms with Gasteiger partial charge in [-0.15, -0.1) is 0 Å². The number of nitrogens with two attached hydrogens (primary N) is 1. The minimum atomic E-state index is -2.70. The van der Waals surface area contributed by atoms with Crippen LogP contribution in [0.15, 0.2) is 28.7 Å². The van der Waals surface area contributed by atoms with Gasteiger partial charge in [0.2, 0.25) is 5.78 Å². The Hall–Kier alpha value is -3.28. The summed E-state index contributed by atoms with van der Waals surface area (Å²) in [6.07, 6.45) is 1.44. The number of carbonyl (C=O) groups excluding carboxylic acids is 3. The summed E-state index contributed by atoms with van der Waals surface area (Å²) in [5.74, 6) is -7.95. The Morgan fingerprint density at radius 1 is 1.20 bits per heavy atom. The largest absolute Gasteiger partial charge is 0.510 e. The molecule has 4 atom stereocenters. The quantitative estimate of drug-likeness (QED) is 0.334. The summed E-state index contributed by atoms with van der Waals surface area (Å²) < 4.78 is 16.0. The first kappa shape index (κ1) is 29.2. The number of nitrogens with zero attached hydrogens (tertiary/aromatic N) is 2. The average Bonchev–Trinajstić information content (AvgIpc) is 3.37. The van der Waals surface area contributed by atoms with E-state index in [0.717, 1.165) is 12.8 Å². The van der Waals surface area contributed by atoms with E-state index < -0.39 is 69.6 Å². The Bertz CT molecular complexity index is 1410. The van der Waals surface area contributed by atoms with E-state index in [1.807, 2.05) is 16.8 Å². The van der Waals surface area contributed by atoms with Crippen molar-refractivity contribution in [1.82, 2.24) is 9.80 Å². The van der Waals surface area contributed by atoms with E-state index >= 15 is 4.39 Å². The lowest BCUT2D eigenvalue weighted by molar-refractivity contribution is -0.149. The Labute approximate surface area is 237 Å². The zero-order valence-corrected chi connectivity index (χ0v) is 23.8. The van der Waals surface area contributed by atoms with Crippen molar-refractivity contribution in [2.75, 3.05) is 26.7 Å². The second-order valence-electron chi connectivity index (χ2n) is 13.2. The number of hydrogen-bond acceptors (Lipinski definition) is 9. The van der Waals surface area contributed by atoms with Crippen LogP contribution in [0.25, 0.3) is 0 Å². The molecule has 5 rings (SSSR count). The topological polar surface area (TPSA) is 165 Å². The third kappa shape index (κ3) is 4.54. The number of benzene rings is 1. The standard InChI is InChI=1S/C30H38FN3O7/c1-29(2,3)13-33(4)12-15-11-18(35)20-16(22(15)31)9-14-10-17-23(34-7-5-6-8-34)25(37)21(28(32)40)27(39)30(17,41)26(38)19(14)24(20)36/h11,14,17,23,35,37-38,41H,5-10,12-13H2,1-4H3,(H2,32,40)/t14-,17-,23-,30-/m0/s1. The van der Waals surface area contributed by atoms with Crippen molar-refractivity contribution in [1.29, 1.82) is 0 Å². The molecule has 1 saturated heterocycles. The number of phenolic OH excluding ortho intramolecular Hbond substituents is 1. The van der Waals surface area contributed by atoms with Crippen LogP contribution in [0.2, 0.25) is 0 Å². The molecule has 6 N–H and O–H groups in total. The summed E-state index contributed by atoms with van der Waals surface area (Å²) in [4.78, 5) is 43.2. The van der Waals surface area contributed by atoms with Crippen LogP contribution in [0, 0.1) is 23.1 Å². The van der Waals surface area contributed by atoms with E-state index in [2.05, 4.69) is 20.8 Å². The second-order valence-corrected chi connectivity index (χ2v) is 13.2. The monoisotopic (exact) mass is 571 g/mol. The number of allylic oxidation sites excluding steroid dienone is 1. The summed E-state index contributed by atoms with van der Waals surface area (Å²) in [6.45, 7) is 8.04. The lowest BCUT2D eigenvalue weighted by Crippen LogP contribution is -2.64. The number of phenols is 1. The highest BCUT2D eigenvalue weighted by Gasteiger charge is 2.63. The number of likely N-dealkylation sites (tertiary alicyclic amines) is 1. The number of amides is 1. The summed E-state index contributed by atoms with van der Waals surface area (Å²) in [5.41, 5.74) is 1.47. The molecular formula is C30H38FN3O7. The van der Waals surface area contributed by atoms with Crippen molar-refractivity contribution in [3.05, 3.63) is 51.2 Å². The first-order chi connectivity index (χ1) is 19.1. The second kappa shape index (κ2) is 9.92. The van der Waals surface area contributed by atoms with Crippen LogP contribution >= 0.6 is 0 Å². The van der Waals surface area contributed by atoms with E-state index in [0.29, 0.717) is 19.6 Å². The van der Waals surface area contributed by atoms with Gasteiger partial charge in [0.25, 0.3) is 5.91 Å². The molecule has 0 unspecified atom stereocenters. The van der Waals surface area contributed by atoms with Gasteiger partial charge in [0, 0.05) is 35.7 Å². The van der Waals surface area contributed by atoms with Crippen molar-refractivity contribution in [2.45, 2.75) is 64.6 Å². The number of Topliss-reactive ketones (excluding diaryl/α,β-unsaturated/α-hetero) is 2. The summed E-state index contributed by atoms with van der Waals surface area (Å²) in [6, 6.07) is 0.184. The average molecular weight is 572 g/mol. The van der Waals surface area contributed by atoms with Gasteiger partial charge in [-0.2, -0.15) is 0 Å². The van der Waals surface area contributed by atoms with Crippen molar-refractivity contribution < 1.29 is 39.2 Å². The van der Waals surface area contributed by atoms with Gasteiger partial charge in [-0.3, -0.25) is 19.3 Å². The van der Waals surface area contributed by atoms with Crippen molar-refractivity contribution >= 4 is 17.5 Å². The van der Waals surface area contributed by atoms with Crippen LogP contribution in [0.5, 0.6) is 5.75 Å². The van der Waals surface area contributed by atoms with Gasteiger partial charge < -0.3 is 31.1 Å². The first-order valence-electron chi connectivity index (χ1n) is 14.0. The number of rotatable bonds is 5. The summed E-state index contributed by atoms with van der Waals surface area (Å²) >= 11 is 0. The molecule has 4 aliphatic rings. The van der Waals surface area contributed by atoms with Crippen LogP contribution < -0.4 is 5.73 Å². The number of carbonyl (C=O) groups is 3. The van der Waals surface area contributed by atoms with Crippen molar-refractivity contribution in [3.63, 3.8) is 0 Å². The van der Waals surface area contributed by atoms with Gasteiger partial charge in [-0.1, -0.05) is 20.8 Å². The number of fused-ring (bicyclic) bond motifs is 3. The van der Waals surface area contributed by atoms with Gasteiger partial charge in [-0.25, -0.2) is 4.39 Å². The molecule has 3 aliphatic carbocycles. The van der Waals surface area contributed by atoms with Gasteiger partial charge in [0.05, 0.1) is 11.6 Å². The summed E-state index contributed by atoms with van der Waals surface area (Å²) in [5, 5.41) is 45.3.